The van der Waals surface area contributed by atoms with Gasteiger partial charge in [0.2, 0.25) is 11.5 Å². The maximum atomic E-state index is 13.2. The van der Waals surface area contributed by atoms with E-state index in [1.165, 1.54) is 0 Å². The van der Waals surface area contributed by atoms with Crippen LogP contribution in [0.2, 0.25) is 0 Å². The highest BCUT2D eigenvalue weighted by molar-refractivity contribution is 6.38. The molecular formula is C25H21N3O4. The summed E-state index contributed by atoms with van der Waals surface area (Å²) >= 11 is 0. The number of hydrogen-bond acceptors (Lipinski definition) is 5. The number of benzene rings is 3. The molecule has 32 heavy (non-hydrogen) atoms. The highest BCUT2D eigenvalue weighted by atomic mass is 16.4. The Morgan fingerprint density at radius 3 is 2.41 bits per heavy atom. The molecule has 3 aromatic carbocycles. The number of nitrogens with one attached hydrogen (secondary N) is 1. The van der Waals surface area contributed by atoms with E-state index in [0.717, 1.165) is 21.9 Å². The molecule has 1 heterocycles. The van der Waals surface area contributed by atoms with Crippen LogP contribution in [0.4, 0.5) is 0 Å². The molecule has 3 N–H and O–H groups in total. The molecule has 7 heteroatoms. The van der Waals surface area contributed by atoms with Gasteiger partial charge in [-0.2, -0.15) is 0 Å². The summed E-state index contributed by atoms with van der Waals surface area (Å²) in [5.41, 5.74) is 7.08. The first-order valence-electron chi connectivity index (χ1n) is 10.1. The number of rotatable bonds is 7. The Bertz CT molecular complexity index is 1310. The summed E-state index contributed by atoms with van der Waals surface area (Å²) in [6.45, 7) is 1.64. The number of hydrogen-bond donors (Lipinski definition) is 2. The second-order valence-corrected chi connectivity index (χ2v) is 7.38. The van der Waals surface area contributed by atoms with Crippen molar-refractivity contribution < 1.29 is 18.8 Å². The number of carbonyl (C=O) groups excluding carboxylic acids is 3. The molecule has 0 aliphatic carbocycles. The maximum Gasteiger partial charge on any atom is 0.290 e. The van der Waals surface area contributed by atoms with E-state index >= 15 is 0 Å². The minimum absolute atomic E-state index is 0.0332. The number of nitrogens with two attached hydrogens (primary N) is 1. The minimum Gasteiger partial charge on any atom is -0.435 e. The number of primary amides is 1. The summed E-state index contributed by atoms with van der Waals surface area (Å²) in [5, 5.41) is 4.51. The SMILES string of the molecule is Cc1nc(-c2cccc3ccccc23)c(C(=O)NC(Cc2ccccc2)C(=O)C(N)=O)o1. The van der Waals surface area contributed by atoms with E-state index in [0.29, 0.717) is 11.6 Å². The third-order valence-corrected chi connectivity index (χ3v) is 5.13. The molecule has 1 unspecified atom stereocenters. The first-order chi connectivity index (χ1) is 15.4. The van der Waals surface area contributed by atoms with Crippen molar-refractivity contribution in [1.29, 1.82) is 0 Å². The highest BCUT2D eigenvalue weighted by Crippen LogP contribution is 2.31. The molecule has 0 fully saturated rings. The summed E-state index contributed by atoms with van der Waals surface area (Å²) < 4.78 is 5.62. The lowest BCUT2D eigenvalue weighted by molar-refractivity contribution is -0.137. The van der Waals surface area contributed by atoms with Crippen molar-refractivity contribution in [2.45, 2.75) is 19.4 Å². The predicted octanol–water partition coefficient (Wildman–Crippen LogP) is 3.20. The zero-order valence-corrected chi connectivity index (χ0v) is 17.4. The summed E-state index contributed by atoms with van der Waals surface area (Å²) in [6.07, 6.45) is 0.116. The third-order valence-electron chi connectivity index (χ3n) is 5.13. The Kier molecular flexibility index (Phi) is 5.81. The van der Waals surface area contributed by atoms with Crippen molar-refractivity contribution in [3.05, 3.63) is 90.0 Å². The molecule has 1 aromatic heterocycles. The second kappa shape index (κ2) is 8.85. The molecule has 7 nitrogen and oxygen atoms in total. The van der Waals surface area contributed by atoms with Gasteiger partial charge in [-0.15, -0.1) is 0 Å². The molecule has 0 aliphatic heterocycles. The number of oxazole rings is 1. The molecule has 4 aromatic rings. The first-order valence-corrected chi connectivity index (χ1v) is 10.1. The summed E-state index contributed by atoms with van der Waals surface area (Å²) in [4.78, 5) is 41.6. The molecule has 2 amide bonds. The van der Waals surface area contributed by atoms with Gasteiger partial charge in [-0.1, -0.05) is 72.8 Å². The minimum atomic E-state index is -1.13. The molecular weight excluding hydrogens is 406 g/mol. The van der Waals surface area contributed by atoms with Crippen LogP contribution in [0.25, 0.3) is 22.0 Å². The van der Waals surface area contributed by atoms with Gasteiger partial charge in [0.25, 0.3) is 11.8 Å². The van der Waals surface area contributed by atoms with Gasteiger partial charge in [0.05, 0.1) is 0 Å². The fourth-order valence-corrected chi connectivity index (χ4v) is 3.65. The number of nitrogens with zero attached hydrogens (tertiary/aromatic N) is 1. The summed E-state index contributed by atoms with van der Waals surface area (Å²) in [7, 11) is 0. The van der Waals surface area contributed by atoms with Crippen LogP contribution in [-0.2, 0) is 16.0 Å². The van der Waals surface area contributed by atoms with Gasteiger partial charge in [-0.3, -0.25) is 14.4 Å². The molecule has 0 bridgehead atoms. The van der Waals surface area contributed by atoms with Crippen LogP contribution < -0.4 is 11.1 Å². The third kappa shape index (κ3) is 4.27. The summed E-state index contributed by atoms with van der Waals surface area (Å²) in [6, 6.07) is 21.3. The lowest BCUT2D eigenvalue weighted by Gasteiger charge is -2.16. The van der Waals surface area contributed by atoms with Gasteiger partial charge in [-0.05, 0) is 16.3 Å². The monoisotopic (exact) mass is 427 g/mol. The van der Waals surface area contributed by atoms with Crippen molar-refractivity contribution in [3.63, 3.8) is 0 Å². The Morgan fingerprint density at radius 1 is 0.969 bits per heavy atom. The van der Waals surface area contributed by atoms with Crippen molar-refractivity contribution in [2.24, 2.45) is 5.73 Å². The van der Waals surface area contributed by atoms with E-state index in [1.807, 2.05) is 48.5 Å². The lowest BCUT2D eigenvalue weighted by atomic mass is 10.00. The van der Waals surface area contributed by atoms with Crippen molar-refractivity contribution in [1.82, 2.24) is 10.3 Å². The molecule has 0 radical (unpaired) electrons. The molecule has 4 rings (SSSR count). The Hall–Kier alpha value is -4.26. The lowest BCUT2D eigenvalue weighted by Crippen LogP contribution is -2.47. The number of aryl methyl sites for hydroxylation is 1. The quantitative estimate of drug-likeness (QED) is 0.440. The number of fused-ring (bicyclic) bond motifs is 1. The number of aromatic nitrogens is 1. The molecule has 0 aliphatic rings. The van der Waals surface area contributed by atoms with Crippen LogP contribution in [0.3, 0.4) is 0 Å². The first kappa shape index (κ1) is 21.0. The Labute approximate surface area is 184 Å². The average molecular weight is 427 g/mol. The highest BCUT2D eigenvalue weighted by Gasteiger charge is 2.29. The summed E-state index contributed by atoms with van der Waals surface area (Å²) in [5.74, 6) is -2.38. The van der Waals surface area contributed by atoms with Crippen LogP contribution in [0.15, 0.2) is 77.2 Å². The van der Waals surface area contributed by atoms with E-state index in [4.69, 9.17) is 10.2 Å². The molecule has 0 saturated carbocycles. The van der Waals surface area contributed by atoms with Crippen LogP contribution in [0.1, 0.15) is 22.0 Å². The molecule has 1 atom stereocenters. The molecule has 0 spiro atoms. The van der Waals surface area contributed by atoms with Crippen molar-refractivity contribution in [2.75, 3.05) is 0 Å². The predicted molar refractivity (Wildman–Crippen MR) is 120 cm³/mol. The zero-order chi connectivity index (χ0) is 22.7. The topological polar surface area (TPSA) is 115 Å². The van der Waals surface area contributed by atoms with Crippen LogP contribution in [0.5, 0.6) is 0 Å². The molecule has 160 valence electrons. The van der Waals surface area contributed by atoms with Crippen LogP contribution in [-0.4, -0.2) is 28.6 Å². The normalized spacial score (nSPS) is 11.8. The number of amides is 2. The number of Topliss-reactive ketones (excluding diaryl/α,β-unsaturated/α-hetero) is 1. The van der Waals surface area contributed by atoms with Crippen LogP contribution >= 0.6 is 0 Å². The smallest absolute Gasteiger partial charge is 0.290 e. The fraction of sp³-hybridized carbons (Fsp3) is 0.120. The van der Waals surface area contributed by atoms with E-state index < -0.39 is 23.6 Å². The van der Waals surface area contributed by atoms with E-state index in [2.05, 4.69) is 10.3 Å². The Morgan fingerprint density at radius 2 is 1.66 bits per heavy atom. The van der Waals surface area contributed by atoms with Gasteiger partial charge < -0.3 is 15.5 Å². The van der Waals surface area contributed by atoms with Crippen molar-refractivity contribution in [3.8, 4) is 11.3 Å². The van der Waals surface area contributed by atoms with Gasteiger partial charge in [0, 0.05) is 18.9 Å². The Balaban J connectivity index is 1.70. The standard InChI is InChI=1S/C25H21N3O4/c1-15-27-21(19-13-7-11-17-10-5-6-12-18(17)19)23(32-15)25(31)28-20(22(29)24(26)30)14-16-8-3-2-4-9-16/h2-13,20H,14H2,1H3,(H2,26,30)(H,28,31). The zero-order valence-electron chi connectivity index (χ0n) is 17.4. The van der Waals surface area contributed by atoms with Crippen molar-refractivity contribution >= 4 is 28.4 Å². The molecule has 0 saturated heterocycles. The van der Waals surface area contributed by atoms with E-state index in [-0.39, 0.29) is 12.2 Å². The number of ketones is 1. The second-order valence-electron chi connectivity index (χ2n) is 7.38. The van der Waals surface area contributed by atoms with Gasteiger partial charge in [-0.25, -0.2) is 4.98 Å². The fourth-order valence-electron chi connectivity index (χ4n) is 3.65. The van der Waals surface area contributed by atoms with E-state index in [9.17, 15) is 14.4 Å². The van der Waals surface area contributed by atoms with Crippen LogP contribution in [0, 0.1) is 6.92 Å². The average Bonchev–Trinajstić information content (AvgIpc) is 3.20. The van der Waals surface area contributed by atoms with Gasteiger partial charge in [0.15, 0.2) is 5.89 Å². The van der Waals surface area contributed by atoms with E-state index in [1.54, 1.807) is 31.2 Å². The van der Waals surface area contributed by atoms with Gasteiger partial charge in [0.1, 0.15) is 11.7 Å². The maximum absolute atomic E-state index is 13.2. The van der Waals surface area contributed by atoms with Gasteiger partial charge >= 0.3 is 0 Å². The number of carbonyl (C=O) groups is 3. The largest absolute Gasteiger partial charge is 0.435 e.